The lowest BCUT2D eigenvalue weighted by Crippen LogP contribution is -2.23. The molecule has 0 saturated heterocycles. The van der Waals surface area contributed by atoms with Gasteiger partial charge in [-0.05, 0) is 69.0 Å². The topological polar surface area (TPSA) is 21.6 Å². The molecule has 0 aliphatic carbocycles. The summed E-state index contributed by atoms with van der Waals surface area (Å²) in [4.78, 5) is 5.22. The van der Waals surface area contributed by atoms with Gasteiger partial charge in [0.15, 0.2) is 0 Å². The summed E-state index contributed by atoms with van der Waals surface area (Å²) in [6, 6.07) is 59.2. The Morgan fingerprint density at radius 1 is 0.533 bits per heavy atom. The van der Waals surface area contributed by atoms with Crippen molar-refractivity contribution >= 4 is 51.3 Å². The molecule has 1 heterocycles. The van der Waals surface area contributed by atoms with Crippen LogP contribution in [-0.2, 0) is 11.2 Å². The van der Waals surface area contributed by atoms with Gasteiger partial charge in [0.1, 0.15) is 6.61 Å². The summed E-state index contributed by atoms with van der Waals surface area (Å²) in [5, 5.41) is 8.87. The molecule has 0 bridgehead atoms. The van der Waals surface area contributed by atoms with Crippen LogP contribution in [0.4, 0.5) is 0 Å². The highest BCUT2D eigenvalue weighted by atomic mass is 31.1. The van der Waals surface area contributed by atoms with Crippen LogP contribution in [0.1, 0.15) is 11.1 Å². The number of nitrogens with zero attached hydrogens (tertiary/aromatic N) is 1. The van der Waals surface area contributed by atoms with Crippen molar-refractivity contribution in [2.24, 2.45) is 4.99 Å². The third-order valence-corrected chi connectivity index (χ3v) is 11.1. The van der Waals surface area contributed by atoms with Gasteiger partial charge in [0, 0.05) is 11.1 Å². The Hall–Kier alpha value is -5.04. The normalized spacial score (nSPS) is 14.5. The maximum Gasteiger partial charge on any atom is 0.217 e. The van der Waals surface area contributed by atoms with Crippen molar-refractivity contribution in [3.63, 3.8) is 0 Å². The lowest BCUT2D eigenvalue weighted by atomic mass is 9.90. The first-order valence-corrected chi connectivity index (χ1v) is 16.9. The molecule has 0 radical (unpaired) electrons. The zero-order valence-electron chi connectivity index (χ0n) is 24.9. The van der Waals surface area contributed by atoms with E-state index >= 15 is 0 Å². The molecule has 7 aromatic rings. The largest absolute Gasteiger partial charge is 0.475 e. The summed E-state index contributed by atoms with van der Waals surface area (Å²) in [6.07, 6.45) is 0.861. The van der Waals surface area contributed by atoms with Gasteiger partial charge in [0.25, 0.3) is 0 Å². The fourth-order valence-corrected chi connectivity index (χ4v) is 9.04. The van der Waals surface area contributed by atoms with Crippen LogP contribution in [0, 0.1) is 0 Å². The maximum absolute atomic E-state index is 6.47. The second kappa shape index (κ2) is 12.2. The van der Waals surface area contributed by atoms with E-state index in [1.807, 2.05) is 0 Å². The van der Waals surface area contributed by atoms with E-state index in [-0.39, 0.29) is 6.04 Å². The molecule has 8 rings (SSSR count). The van der Waals surface area contributed by atoms with Gasteiger partial charge in [0.2, 0.25) is 5.90 Å². The third-order valence-electron chi connectivity index (χ3n) is 8.61. The first kappa shape index (κ1) is 27.5. The van der Waals surface area contributed by atoms with Crippen molar-refractivity contribution in [2.45, 2.75) is 12.5 Å². The van der Waals surface area contributed by atoms with Gasteiger partial charge >= 0.3 is 0 Å². The SMILES string of the molecule is c1ccc(C[C@H]2COC(c3ccc4ccccc4c3-c3c(P(c4ccccc4)c4ccccc4)ccc4ccccc34)=N2)cc1. The Bertz CT molecular complexity index is 2100. The minimum Gasteiger partial charge on any atom is -0.475 e. The maximum atomic E-state index is 6.47. The molecular weight excluding hydrogens is 565 g/mol. The van der Waals surface area contributed by atoms with Crippen molar-refractivity contribution in [2.75, 3.05) is 6.61 Å². The van der Waals surface area contributed by atoms with Crippen LogP contribution < -0.4 is 15.9 Å². The minimum absolute atomic E-state index is 0.0828. The number of fused-ring (bicyclic) bond motifs is 2. The van der Waals surface area contributed by atoms with Gasteiger partial charge in [-0.25, -0.2) is 4.99 Å². The third kappa shape index (κ3) is 5.33. The van der Waals surface area contributed by atoms with Crippen LogP contribution in [0.2, 0.25) is 0 Å². The number of hydrogen-bond donors (Lipinski definition) is 0. The van der Waals surface area contributed by atoms with E-state index in [4.69, 9.17) is 9.73 Å². The molecule has 2 nitrogen and oxygen atoms in total. The first-order chi connectivity index (χ1) is 22.3. The second-order valence-corrected chi connectivity index (χ2v) is 13.7. The van der Waals surface area contributed by atoms with Gasteiger partial charge in [-0.15, -0.1) is 0 Å². The zero-order chi connectivity index (χ0) is 30.0. The highest BCUT2D eigenvalue weighted by Crippen LogP contribution is 2.43. The average molecular weight is 598 g/mol. The summed E-state index contributed by atoms with van der Waals surface area (Å²) in [6.45, 7) is 0.583. The molecular formula is C42H32NOP. The van der Waals surface area contributed by atoms with Gasteiger partial charge < -0.3 is 4.74 Å². The Morgan fingerprint density at radius 3 is 1.71 bits per heavy atom. The zero-order valence-corrected chi connectivity index (χ0v) is 25.8. The Morgan fingerprint density at radius 2 is 1.07 bits per heavy atom. The van der Waals surface area contributed by atoms with Crippen LogP contribution in [0.25, 0.3) is 32.7 Å². The monoisotopic (exact) mass is 597 g/mol. The number of benzene rings is 7. The van der Waals surface area contributed by atoms with Crippen molar-refractivity contribution in [1.82, 2.24) is 0 Å². The predicted octanol–water partition coefficient (Wildman–Crippen LogP) is 8.81. The predicted molar refractivity (Wildman–Crippen MR) is 192 cm³/mol. The van der Waals surface area contributed by atoms with Gasteiger partial charge in [0.05, 0.1) is 6.04 Å². The quantitative estimate of drug-likeness (QED) is 0.168. The smallest absolute Gasteiger partial charge is 0.217 e. The molecule has 45 heavy (non-hydrogen) atoms. The van der Waals surface area contributed by atoms with Gasteiger partial charge in [-0.1, -0.05) is 158 Å². The van der Waals surface area contributed by atoms with E-state index in [2.05, 4.69) is 164 Å². The summed E-state index contributed by atoms with van der Waals surface area (Å²) in [7, 11) is -0.866. The molecule has 1 aliphatic rings. The number of aliphatic imine (C=N–C) groups is 1. The van der Waals surface area contributed by atoms with Crippen molar-refractivity contribution in [3.8, 4) is 11.1 Å². The lowest BCUT2D eigenvalue weighted by Gasteiger charge is -2.25. The van der Waals surface area contributed by atoms with Crippen molar-refractivity contribution < 1.29 is 4.74 Å². The molecule has 7 aromatic carbocycles. The highest BCUT2D eigenvalue weighted by Gasteiger charge is 2.28. The fourth-order valence-electron chi connectivity index (χ4n) is 6.56. The van der Waals surface area contributed by atoms with Crippen LogP contribution >= 0.6 is 7.92 Å². The summed E-state index contributed by atoms with van der Waals surface area (Å²) in [5.74, 6) is 0.735. The Kier molecular flexibility index (Phi) is 7.43. The number of hydrogen-bond acceptors (Lipinski definition) is 2. The minimum atomic E-state index is -0.866. The van der Waals surface area contributed by atoms with Crippen LogP contribution in [-0.4, -0.2) is 18.5 Å². The Balaban J connectivity index is 1.40. The number of ether oxygens (including phenoxy) is 1. The van der Waals surface area contributed by atoms with Gasteiger partial charge in [-0.3, -0.25) is 0 Å². The van der Waals surface area contributed by atoms with Crippen LogP contribution in [0.3, 0.4) is 0 Å². The van der Waals surface area contributed by atoms with E-state index in [1.54, 1.807) is 0 Å². The Labute approximate surface area is 265 Å². The molecule has 0 spiro atoms. The molecule has 1 aliphatic heterocycles. The van der Waals surface area contributed by atoms with Crippen molar-refractivity contribution in [3.05, 3.63) is 175 Å². The van der Waals surface area contributed by atoms with E-state index in [9.17, 15) is 0 Å². The van der Waals surface area contributed by atoms with E-state index < -0.39 is 7.92 Å². The molecule has 0 fully saturated rings. The molecule has 0 amide bonds. The molecule has 0 N–H and O–H groups in total. The van der Waals surface area contributed by atoms with Gasteiger partial charge in [-0.2, -0.15) is 0 Å². The summed E-state index contributed by atoms with van der Waals surface area (Å²) >= 11 is 0. The van der Waals surface area contributed by atoms with Crippen LogP contribution in [0.15, 0.2) is 169 Å². The molecule has 0 unspecified atom stereocenters. The van der Waals surface area contributed by atoms with E-state index in [1.165, 1.54) is 54.1 Å². The summed E-state index contributed by atoms with van der Waals surface area (Å²) in [5.41, 5.74) is 4.79. The lowest BCUT2D eigenvalue weighted by molar-refractivity contribution is 0.317. The number of rotatable bonds is 7. The standard InChI is InChI=1S/C42H32NOP/c1-4-14-30(15-5-1)28-33-29-44-42(43-33)38-26-24-31-16-10-12-22-36(31)40(38)41-37-23-13-11-17-32(37)25-27-39(41)45(34-18-6-2-7-19-34)35-20-8-3-9-21-35/h1-27,33H,28-29H2/t33-/m0/s1. The molecule has 0 aromatic heterocycles. The molecule has 3 heteroatoms. The molecule has 1 atom stereocenters. The van der Waals surface area contributed by atoms with Crippen molar-refractivity contribution in [1.29, 1.82) is 0 Å². The van der Waals surface area contributed by atoms with E-state index in [0.29, 0.717) is 6.61 Å². The first-order valence-electron chi connectivity index (χ1n) is 15.5. The molecule has 216 valence electrons. The average Bonchev–Trinajstić information content (AvgIpc) is 3.57. The summed E-state index contributed by atoms with van der Waals surface area (Å²) < 4.78 is 6.47. The van der Waals surface area contributed by atoms with Crippen LogP contribution in [0.5, 0.6) is 0 Å². The van der Waals surface area contributed by atoms with E-state index in [0.717, 1.165) is 17.9 Å². The second-order valence-electron chi connectivity index (χ2n) is 11.5. The fraction of sp³-hybridized carbons (Fsp3) is 0.0714. The highest BCUT2D eigenvalue weighted by molar-refractivity contribution is 7.80. The molecule has 0 saturated carbocycles.